The molecule has 2 aromatic carbocycles. The zero-order valence-electron chi connectivity index (χ0n) is 13.8. The van der Waals surface area contributed by atoms with Crippen LogP contribution in [0.15, 0.2) is 47.5 Å². The zero-order chi connectivity index (χ0) is 18.5. The fraction of sp³-hybridized carbons (Fsp3) is 0.176. The van der Waals surface area contributed by atoms with E-state index in [0.29, 0.717) is 5.75 Å². The first-order valence-corrected chi connectivity index (χ1v) is 9.58. The predicted molar refractivity (Wildman–Crippen MR) is 106 cm³/mol. The largest absolute Gasteiger partial charge is 0.495 e. The van der Waals surface area contributed by atoms with Crippen LogP contribution in [-0.4, -0.2) is 28.1 Å². The van der Waals surface area contributed by atoms with Crippen LogP contribution in [0.25, 0.3) is 0 Å². The van der Waals surface area contributed by atoms with Gasteiger partial charge in [0.05, 0.1) is 29.2 Å². The Kier molecular flexibility index (Phi) is 5.79. The number of carbonyl (C=O) groups is 1. The summed E-state index contributed by atoms with van der Waals surface area (Å²) in [6.45, 7) is 0. The Morgan fingerprint density at radius 2 is 2.19 bits per heavy atom. The summed E-state index contributed by atoms with van der Waals surface area (Å²) in [4.78, 5) is 27.2. The van der Waals surface area contributed by atoms with Gasteiger partial charge < -0.3 is 10.1 Å². The SMILES string of the molecule is COc1ccc([N+](=O)[O-])cc1NC(=O)CSC1=Nc2ccccc2CS1. The summed E-state index contributed by atoms with van der Waals surface area (Å²) in [5, 5.41) is 13.6. The molecule has 0 saturated carbocycles. The number of nitrogens with one attached hydrogen (secondary N) is 1. The van der Waals surface area contributed by atoms with Gasteiger partial charge in [0.2, 0.25) is 5.91 Å². The Labute approximate surface area is 158 Å². The number of methoxy groups -OCH3 is 1. The fourth-order valence-electron chi connectivity index (χ4n) is 2.31. The Morgan fingerprint density at radius 1 is 1.38 bits per heavy atom. The lowest BCUT2D eigenvalue weighted by molar-refractivity contribution is -0.384. The number of hydrogen-bond donors (Lipinski definition) is 1. The second-order valence-electron chi connectivity index (χ2n) is 5.27. The first-order valence-electron chi connectivity index (χ1n) is 7.61. The number of carbonyl (C=O) groups excluding carboxylic acids is 1. The molecule has 0 bridgehead atoms. The molecule has 0 saturated heterocycles. The normalized spacial score (nSPS) is 12.7. The standard InChI is InChI=1S/C17H15N3O4S2/c1-24-15-7-6-12(20(22)23)8-14(15)18-16(21)10-26-17-19-13-5-3-2-4-11(13)9-25-17/h2-8H,9-10H2,1H3,(H,18,21). The number of para-hydroxylation sites is 1. The van der Waals surface area contributed by atoms with Crippen LogP contribution in [0.4, 0.5) is 17.1 Å². The molecule has 0 unspecified atom stereocenters. The quantitative estimate of drug-likeness (QED) is 0.608. The summed E-state index contributed by atoms with van der Waals surface area (Å²) in [6, 6.07) is 12.0. The maximum absolute atomic E-state index is 12.2. The van der Waals surface area contributed by atoms with E-state index in [1.807, 2.05) is 24.3 Å². The van der Waals surface area contributed by atoms with Gasteiger partial charge in [0.25, 0.3) is 5.69 Å². The number of anilines is 1. The highest BCUT2D eigenvalue weighted by Gasteiger charge is 2.16. The second-order valence-corrected chi connectivity index (χ2v) is 7.46. The third-order valence-corrected chi connectivity index (χ3v) is 5.79. The van der Waals surface area contributed by atoms with E-state index in [2.05, 4.69) is 10.3 Å². The van der Waals surface area contributed by atoms with Crippen LogP contribution in [0.1, 0.15) is 5.56 Å². The first-order chi connectivity index (χ1) is 12.6. The Bertz CT molecular complexity index is 886. The lowest BCUT2D eigenvalue weighted by Crippen LogP contribution is -2.16. The number of rotatable bonds is 5. The van der Waals surface area contributed by atoms with E-state index in [4.69, 9.17) is 4.74 Å². The summed E-state index contributed by atoms with van der Waals surface area (Å²) in [7, 11) is 1.44. The van der Waals surface area contributed by atoms with E-state index in [9.17, 15) is 14.9 Å². The van der Waals surface area contributed by atoms with Crippen LogP contribution in [0.5, 0.6) is 5.75 Å². The first kappa shape index (κ1) is 18.3. The van der Waals surface area contributed by atoms with Gasteiger partial charge in [-0.3, -0.25) is 14.9 Å². The number of nitro groups is 1. The Hall–Kier alpha value is -2.52. The average molecular weight is 389 g/mol. The summed E-state index contributed by atoms with van der Waals surface area (Å²) < 4.78 is 5.97. The summed E-state index contributed by atoms with van der Waals surface area (Å²) >= 11 is 2.93. The van der Waals surface area contributed by atoms with Crippen LogP contribution in [-0.2, 0) is 10.5 Å². The average Bonchev–Trinajstić information content (AvgIpc) is 2.66. The van der Waals surface area contributed by atoms with E-state index >= 15 is 0 Å². The summed E-state index contributed by atoms with van der Waals surface area (Å²) in [6.07, 6.45) is 0. The zero-order valence-corrected chi connectivity index (χ0v) is 15.4. The van der Waals surface area contributed by atoms with Gasteiger partial charge in [-0.25, -0.2) is 4.99 Å². The smallest absolute Gasteiger partial charge is 0.271 e. The highest BCUT2D eigenvalue weighted by atomic mass is 32.2. The van der Waals surface area contributed by atoms with Crippen molar-refractivity contribution in [2.45, 2.75) is 5.75 Å². The molecule has 7 nitrogen and oxygen atoms in total. The van der Waals surface area contributed by atoms with Crippen molar-refractivity contribution < 1.29 is 14.5 Å². The van der Waals surface area contributed by atoms with Crippen molar-refractivity contribution in [1.29, 1.82) is 0 Å². The van der Waals surface area contributed by atoms with E-state index in [1.54, 1.807) is 11.8 Å². The minimum absolute atomic E-state index is 0.113. The molecule has 3 rings (SSSR count). The Morgan fingerprint density at radius 3 is 2.96 bits per heavy atom. The fourth-order valence-corrected chi connectivity index (χ4v) is 4.17. The summed E-state index contributed by atoms with van der Waals surface area (Å²) in [5.74, 6) is 1.06. The molecular formula is C17H15N3O4S2. The van der Waals surface area contributed by atoms with Gasteiger partial charge in [-0.1, -0.05) is 41.7 Å². The molecule has 0 fully saturated rings. The van der Waals surface area contributed by atoms with Crippen molar-refractivity contribution in [2.75, 3.05) is 18.2 Å². The number of nitrogens with zero attached hydrogens (tertiary/aromatic N) is 2. The molecule has 1 aliphatic heterocycles. The van der Waals surface area contributed by atoms with Crippen LogP contribution in [0.3, 0.4) is 0 Å². The number of non-ortho nitro benzene ring substituents is 1. The highest BCUT2D eigenvalue weighted by molar-refractivity contribution is 8.38. The minimum atomic E-state index is -0.519. The molecule has 9 heteroatoms. The third-order valence-electron chi connectivity index (χ3n) is 3.55. The van der Waals surface area contributed by atoms with E-state index in [0.717, 1.165) is 15.8 Å². The van der Waals surface area contributed by atoms with E-state index in [1.165, 1.54) is 42.6 Å². The number of benzene rings is 2. The van der Waals surface area contributed by atoms with Crippen molar-refractivity contribution in [3.63, 3.8) is 0 Å². The van der Waals surface area contributed by atoms with Gasteiger partial charge in [0, 0.05) is 17.9 Å². The molecule has 1 N–H and O–H groups in total. The van der Waals surface area contributed by atoms with Gasteiger partial charge in [-0.2, -0.15) is 0 Å². The van der Waals surface area contributed by atoms with Gasteiger partial charge in [-0.05, 0) is 17.7 Å². The van der Waals surface area contributed by atoms with Gasteiger partial charge in [-0.15, -0.1) is 0 Å². The number of aliphatic imine (C=N–C) groups is 1. The number of ether oxygens (including phenoxy) is 1. The number of amides is 1. The van der Waals surface area contributed by atoms with E-state index in [-0.39, 0.29) is 23.0 Å². The van der Waals surface area contributed by atoms with Crippen LogP contribution >= 0.6 is 23.5 Å². The Balaban J connectivity index is 1.64. The molecule has 134 valence electrons. The topological polar surface area (TPSA) is 93.8 Å². The number of hydrogen-bond acceptors (Lipinski definition) is 7. The van der Waals surface area contributed by atoms with Gasteiger partial charge in [0.15, 0.2) is 0 Å². The number of fused-ring (bicyclic) bond motifs is 1. The van der Waals surface area contributed by atoms with Crippen molar-refractivity contribution in [3.8, 4) is 5.75 Å². The van der Waals surface area contributed by atoms with E-state index < -0.39 is 4.92 Å². The monoisotopic (exact) mass is 389 g/mol. The van der Waals surface area contributed by atoms with Gasteiger partial charge in [0.1, 0.15) is 10.1 Å². The molecule has 0 aromatic heterocycles. The lowest BCUT2D eigenvalue weighted by atomic mass is 10.2. The maximum Gasteiger partial charge on any atom is 0.271 e. The second kappa shape index (κ2) is 8.24. The molecule has 26 heavy (non-hydrogen) atoms. The molecule has 0 radical (unpaired) electrons. The molecule has 0 atom stereocenters. The number of nitro benzene ring substituents is 1. The minimum Gasteiger partial charge on any atom is -0.495 e. The van der Waals surface area contributed by atoms with Gasteiger partial charge >= 0.3 is 0 Å². The van der Waals surface area contributed by atoms with Crippen LogP contribution < -0.4 is 10.1 Å². The molecular weight excluding hydrogens is 374 g/mol. The van der Waals surface area contributed by atoms with Crippen LogP contribution in [0, 0.1) is 10.1 Å². The highest BCUT2D eigenvalue weighted by Crippen LogP contribution is 2.34. The third kappa shape index (κ3) is 4.36. The molecule has 0 aliphatic carbocycles. The lowest BCUT2D eigenvalue weighted by Gasteiger charge is -2.14. The molecule has 1 amide bonds. The molecule has 1 aliphatic rings. The van der Waals surface area contributed by atoms with Crippen molar-refractivity contribution in [2.24, 2.45) is 4.99 Å². The van der Waals surface area contributed by atoms with Crippen molar-refractivity contribution >= 4 is 50.9 Å². The maximum atomic E-state index is 12.2. The van der Waals surface area contributed by atoms with Crippen molar-refractivity contribution in [1.82, 2.24) is 0 Å². The van der Waals surface area contributed by atoms with Crippen LogP contribution in [0.2, 0.25) is 0 Å². The number of thioether (sulfide) groups is 2. The molecule has 2 aromatic rings. The van der Waals surface area contributed by atoms with Crippen molar-refractivity contribution in [3.05, 3.63) is 58.1 Å². The summed E-state index contributed by atoms with van der Waals surface area (Å²) in [5.41, 5.74) is 2.26. The molecule has 0 spiro atoms. The predicted octanol–water partition coefficient (Wildman–Crippen LogP) is 4.21. The molecule has 1 heterocycles.